The third kappa shape index (κ3) is 2.17. The molecule has 2 rings (SSSR count). The van der Waals surface area contributed by atoms with Gasteiger partial charge >= 0.3 is 0 Å². The van der Waals surface area contributed by atoms with E-state index in [0.29, 0.717) is 10.8 Å². The number of nitrogens with zero attached hydrogens (tertiary/aromatic N) is 3. The van der Waals surface area contributed by atoms with Crippen LogP contribution in [0.15, 0.2) is 0 Å². The topological polar surface area (TPSA) is 46.1 Å². The van der Waals surface area contributed by atoms with Gasteiger partial charge in [-0.05, 0) is 37.2 Å². The molecule has 1 aliphatic heterocycles. The van der Waals surface area contributed by atoms with Gasteiger partial charge in [0, 0.05) is 13.1 Å². The van der Waals surface area contributed by atoms with E-state index in [1.165, 1.54) is 18.0 Å². The average molecular weight is 225 g/mol. The Bertz CT molecular complexity index is 363. The van der Waals surface area contributed by atoms with Gasteiger partial charge in [0.2, 0.25) is 0 Å². The van der Waals surface area contributed by atoms with E-state index >= 15 is 0 Å². The fourth-order valence-corrected chi connectivity index (χ4v) is 2.57. The van der Waals surface area contributed by atoms with Gasteiger partial charge in [-0.15, -0.1) is 5.10 Å². The van der Waals surface area contributed by atoms with Crippen molar-refractivity contribution in [1.82, 2.24) is 14.5 Å². The molecule has 0 aliphatic carbocycles. The maximum absolute atomic E-state index is 12.1. The van der Waals surface area contributed by atoms with Gasteiger partial charge in [-0.1, -0.05) is 11.4 Å². The normalized spacial score (nSPS) is 21.7. The number of rotatable bonds is 1. The molecule has 1 amide bonds. The Labute approximate surface area is 93.5 Å². The Hall–Kier alpha value is -0.970. The first kappa shape index (κ1) is 10.5. The van der Waals surface area contributed by atoms with E-state index in [2.05, 4.69) is 16.5 Å². The lowest BCUT2D eigenvalue weighted by Crippen LogP contribution is -2.39. The van der Waals surface area contributed by atoms with Crippen LogP contribution in [0.1, 0.15) is 35.1 Å². The number of aryl methyl sites for hydroxylation is 1. The van der Waals surface area contributed by atoms with Crippen LogP contribution in [0.4, 0.5) is 0 Å². The van der Waals surface area contributed by atoms with E-state index in [1.54, 1.807) is 0 Å². The molecule has 0 saturated carbocycles. The van der Waals surface area contributed by atoms with Gasteiger partial charge in [0.1, 0.15) is 4.88 Å². The van der Waals surface area contributed by atoms with Gasteiger partial charge in [-0.3, -0.25) is 4.79 Å². The predicted octanol–water partition coefficient (Wildman–Crippen LogP) is 1.72. The van der Waals surface area contributed by atoms with Crippen molar-refractivity contribution < 1.29 is 4.79 Å². The van der Waals surface area contributed by atoms with E-state index in [0.717, 1.165) is 25.2 Å². The highest BCUT2D eigenvalue weighted by Crippen LogP contribution is 2.20. The summed E-state index contributed by atoms with van der Waals surface area (Å²) in [5, 5.41) is 3.87. The van der Waals surface area contributed by atoms with Crippen molar-refractivity contribution in [3.8, 4) is 0 Å². The van der Waals surface area contributed by atoms with Crippen molar-refractivity contribution >= 4 is 17.4 Å². The number of aromatic nitrogens is 2. The number of hydrogen-bond acceptors (Lipinski definition) is 4. The van der Waals surface area contributed by atoms with Gasteiger partial charge in [0.15, 0.2) is 0 Å². The van der Waals surface area contributed by atoms with Crippen molar-refractivity contribution in [1.29, 1.82) is 0 Å². The molecule has 0 N–H and O–H groups in total. The highest BCUT2D eigenvalue weighted by atomic mass is 32.1. The average Bonchev–Trinajstić information content (AvgIpc) is 2.63. The van der Waals surface area contributed by atoms with Crippen molar-refractivity contribution in [3.63, 3.8) is 0 Å². The number of carbonyl (C=O) groups excluding carboxylic acids is 1. The monoisotopic (exact) mass is 225 g/mol. The van der Waals surface area contributed by atoms with E-state index in [4.69, 9.17) is 0 Å². The highest BCUT2D eigenvalue weighted by molar-refractivity contribution is 7.07. The van der Waals surface area contributed by atoms with E-state index in [9.17, 15) is 4.79 Å². The second-order valence-corrected chi connectivity index (χ2v) is 4.94. The van der Waals surface area contributed by atoms with Crippen LogP contribution in [0.2, 0.25) is 0 Å². The maximum Gasteiger partial charge on any atom is 0.267 e. The second-order valence-electron chi connectivity index (χ2n) is 4.19. The molecule has 1 fully saturated rings. The molecule has 1 unspecified atom stereocenters. The van der Waals surface area contributed by atoms with Crippen LogP contribution in [-0.4, -0.2) is 33.5 Å². The molecule has 0 radical (unpaired) electrons. The quantitative estimate of drug-likeness (QED) is 0.731. The largest absolute Gasteiger partial charge is 0.338 e. The van der Waals surface area contributed by atoms with Crippen LogP contribution >= 0.6 is 11.5 Å². The zero-order valence-electron chi connectivity index (χ0n) is 9.06. The van der Waals surface area contributed by atoms with E-state index in [-0.39, 0.29) is 5.91 Å². The van der Waals surface area contributed by atoms with Crippen LogP contribution in [0.3, 0.4) is 0 Å². The summed E-state index contributed by atoms with van der Waals surface area (Å²) in [6.07, 6.45) is 2.34. The van der Waals surface area contributed by atoms with E-state index < -0.39 is 0 Å². The molecule has 1 aromatic rings. The summed E-state index contributed by atoms with van der Waals surface area (Å²) in [6.45, 7) is 5.78. The lowest BCUT2D eigenvalue weighted by molar-refractivity contribution is 0.0687. The maximum atomic E-state index is 12.1. The van der Waals surface area contributed by atoms with Gasteiger partial charge < -0.3 is 4.90 Å². The van der Waals surface area contributed by atoms with Gasteiger partial charge in [-0.25, -0.2) is 0 Å². The summed E-state index contributed by atoms with van der Waals surface area (Å²) in [5.41, 5.74) is 0.753. The summed E-state index contributed by atoms with van der Waals surface area (Å²) < 4.78 is 3.80. The molecule has 1 atom stereocenters. The minimum absolute atomic E-state index is 0.106. The third-order valence-electron chi connectivity index (χ3n) is 2.79. The lowest BCUT2D eigenvalue weighted by atomic mass is 10.0. The lowest BCUT2D eigenvalue weighted by Gasteiger charge is -2.30. The van der Waals surface area contributed by atoms with Crippen LogP contribution in [0.5, 0.6) is 0 Å². The van der Waals surface area contributed by atoms with Gasteiger partial charge in [0.05, 0.1) is 5.69 Å². The fraction of sp³-hybridized carbons (Fsp3) is 0.700. The molecule has 1 aliphatic rings. The number of piperidine rings is 1. The van der Waals surface area contributed by atoms with Crippen LogP contribution < -0.4 is 0 Å². The molecule has 82 valence electrons. The SMILES string of the molecule is Cc1nnsc1C(=O)N1CCCC(C)C1. The molecular weight excluding hydrogens is 210 g/mol. The molecule has 0 bridgehead atoms. The number of amides is 1. The van der Waals surface area contributed by atoms with Crippen LogP contribution in [-0.2, 0) is 0 Å². The number of likely N-dealkylation sites (tertiary alicyclic amines) is 1. The fourth-order valence-electron chi connectivity index (χ4n) is 1.95. The molecule has 0 aromatic carbocycles. The summed E-state index contributed by atoms with van der Waals surface area (Å²) in [4.78, 5) is 14.7. The number of carbonyl (C=O) groups is 1. The smallest absolute Gasteiger partial charge is 0.267 e. The Morgan fingerprint density at radius 3 is 3.00 bits per heavy atom. The van der Waals surface area contributed by atoms with Crippen molar-refractivity contribution in [2.45, 2.75) is 26.7 Å². The molecule has 1 aromatic heterocycles. The molecule has 0 spiro atoms. The first-order valence-corrected chi connectivity index (χ1v) is 6.04. The molecule has 2 heterocycles. The van der Waals surface area contributed by atoms with E-state index in [1.807, 2.05) is 11.8 Å². The summed E-state index contributed by atoms with van der Waals surface area (Å²) in [7, 11) is 0. The van der Waals surface area contributed by atoms with Gasteiger partial charge in [0.25, 0.3) is 5.91 Å². The molecule has 1 saturated heterocycles. The Balaban J connectivity index is 2.11. The molecule has 4 nitrogen and oxygen atoms in total. The predicted molar refractivity (Wildman–Crippen MR) is 58.9 cm³/mol. The highest BCUT2D eigenvalue weighted by Gasteiger charge is 2.24. The third-order valence-corrected chi connectivity index (χ3v) is 3.61. The summed E-state index contributed by atoms with van der Waals surface area (Å²) in [5.74, 6) is 0.720. The second kappa shape index (κ2) is 4.26. The zero-order valence-corrected chi connectivity index (χ0v) is 9.88. The Morgan fingerprint density at radius 1 is 1.60 bits per heavy atom. The minimum atomic E-state index is 0.106. The molecule has 5 heteroatoms. The zero-order chi connectivity index (χ0) is 10.8. The summed E-state index contributed by atoms with van der Waals surface area (Å²) >= 11 is 1.20. The Morgan fingerprint density at radius 2 is 2.40 bits per heavy atom. The minimum Gasteiger partial charge on any atom is -0.338 e. The van der Waals surface area contributed by atoms with Crippen LogP contribution in [0.25, 0.3) is 0 Å². The first-order valence-electron chi connectivity index (χ1n) is 5.26. The van der Waals surface area contributed by atoms with Crippen LogP contribution in [0, 0.1) is 12.8 Å². The van der Waals surface area contributed by atoms with Gasteiger partial charge in [-0.2, -0.15) is 0 Å². The summed E-state index contributed by atoms with van der Waals surface area (Å²) in [6, 6.07) is 0. The Kier molecular flexibility index (Phi) is 3.00. The molecule has 15 heavy (non-hydrogen) atoms. The van der Waals surface area contributed by atoms with Crippen molar-refractivity contribution in [3.05, 3.63) is 10.6 Å². The first-order chi connectivity index (χ1) is 7.18. The standard InChI is InChI=1S/C10H15N3OS/c1-7-4-3-5-13(6-7)10(14)9-8(2)11-12-15-9/h7H,3-6H2,1-2H3. The van der Waals surface area contributed by atoms with Crippen molar-refractivity contribution in [2.75, 3.05) is 13.1 Å². The van der Waals surface area contributed by atoms with Crippen molar-refractivity contribution in [2.24, 2.45) is 5.92 Å². The molecular formula is C10H15N3OS. The number of hydrogen-bond donors (Lipinski definition) is 0.